The van der Waals surface area contributed by atoms with Gasteiger partial charge in [-0.15, -0.1) is 10.2 Å². The van der Waals surface area contributed by atoms with E-state index in [0.717, 1.165) is 23.7 Å². The molecule has 2 aromatic rings. The molecule has 0 saturated carbocycles. The summed E-state index contributed by atoms with van der Waals surface area (Å²) in [5, 5.41) is 8.25. The molecule has 0 bridgehead atoms. The van der Waals surface area contributed by atoms with Gasteiger partial charge < -0.3 is 9.64 Å². The molecule has 1 aromatic carbocycles. The number of rotatable bonds is 4. The van der Waals surface area contributed by atoms with Gasteiger partial charge in [0, 0.05) is 13.6 Å². The summed E-state index contributed by atoms with van der Waals surface area (Å²) in [6.45, 7) is 0.730. The molecule has 2 rings (SSSR count). The van der Waals surface area contributed by atoms with Gasteiger partial charge in [-0.3, -0.25) is 0 Å². The summed E-state index contributed by atoms with van der Waals surface area (Å²) in [7, 11) is 3.62. The Labute approximate surface area is 111 Å². The van der Waals surface area contributed by atoms with E-state index in [-0.39, 0.29) is 0 Å². The van der Waals surface area contributed by atoms with E-state index in [9.17, 15) is 0 Å². The topological polar surface area (TPSA) is 38.2 Å². The zero-order chi connectivity index (χ0) is 13.0. The molecule has 4 nitrogen and oxygen atoms in total. The van der Waals surface area contributed by atoms with Gasteiger partial charge in [0.25, 0.3) is 0 Å². The molecule has 18 heavy (non-hydrogen) atoms. The minimum Gasteiger partial charge on any atom is -0.497 e. The molecule has 0 aliphatic heterocycles. The molecule has 0 aliphatic carbocycles. The number of benzene rings is 1. The van der Waals surface area contributed by atoms with Crippen LogP contribution < -0.4 is 9.64 Å². The van der Waals surface area contributed by atoms with Crippen LogP contribution in [0, 0.1) is 0 Å². The Morgan fingerprint density at radius 2 is 2.06 bits per heavy atom. The van der Waals surface area contributed by atoms with E-state index in [4.69, 9.17) is 16.3 Å². The number of ether oxygens (including phenoxy) is 1. The van der Waals surface area contributed by atoms with Gasteiger partial charge in [0.05, 0.1) is 7.11 Å². The molecule has 0 atom stereocenters. The molecule has 0 radical (unpaired) electrons. The highest BCUT2D eigenvalue weighted by Crippen LogP contribution is 2.17. The lowest BCUT2D eigenvalue weighted by Gasteiger charge is -2.17. The maximum absolute atomic E-state index is 5.71. The highest BCUT2D eigenvalue weighted by atomic mass is 35.5. The average molecular weight is 264 g/mol. The van der Waals surface area contributed by atoms with Crippen LogP contribution in [-0.4, -0.2) is 24.4 Å². The Hall–Kier alpha value is -1.81. The lowest BCUT2D eigenvalue weighted by Crippen LogP contribution is -2.17. The van der Waals surface area contributed by atoms with Crippen molar-refractivity contribution in [1.29, 1.82) is 0 Å². The van der Waals surface area contributed by atoms with Crippen molar-refractivity contribution in [3.8, 4) is 5.75 Å². The van der Waals surface area contributed by atoms with Crippen LogP contribution in [0.25, 0.3) is 0 Å². The fraction of sp³-hybridized carbons (Fsp3) is 0.231. The summed E-state index contributed by atoms with van der Waals surface area (Å²) in [5.41, 5.74) is 1.15. The number of halogens is 1. The Morgan fingerprint density at radius 3 is 2.72 bits per heavy atom. The quantitative estimate of drug-likeness (QED) is 0.850. The standard InChI is InChI=1S/C13H14ClN3O/c1-17(13-7-6-12(14)15-16-13)9-10-4-3-5-11(8-10)18-2/h3-8H,9H2,1-2H3. The van der Waals surface area contributed by atoms with E-state index < -0.39 is 0 Å². The molecule has 0 aliphatic rings. The maximum atomic E-state index is 5.71. The smallest absolute Gasteiger partial charge is 0.151 e. The van der Waals surface area contributed by atoms with Crippen LogP contribution in [0.4, 0.5) is 5.82 Å². The average Bonchev–Trinajstić information content (AvgIpc) is 2.39. The zero-order valence-electron chi connectivity index (χ0n) is 10.3. The summed E-state index contributed by atoms with van der Waals surface area (Å²) in [5.74, 6) is 1.63. The van der Waals surface area contributed by atoms with Crippen molar-refractivity contribution in [2.75, 3.05) is 19.1 Å². The van der Waals surface area contributed by atoms with Gasteiger partial charge in [0.15, 0.2) is 11.0 Å². The molecule has 0 N–H and O–H groups in total. The van der Waals surface area contributed by atoms with Crippen LogP contribution in [0.15, 0.2) is 36.4 Å². The lowest BCUT2D eigenvalue weighted by atomic mass is 10.2. The number of nitrogens with zero attached hydrogens (tertiary/aromatic N) is 3. The molecule has 0 unspecified atom stereocenters. The Balaban J connectivity index is 2.10. The van der Waals surface area contributed by atoms with Crippen LogP contribution in [-0.2, 0) is 6.54 Å². The number of anilines is 1. The predicted molar refractivity (Wildman–Crippen MR) is 72.1 cm³/mol. The Kier molecular flexibility index (Phi) is 3.99. The molecule has 0 spiro atoms. The van der Waals surface area contributed by atoms with Crippen molar-refractivity contribution < 1.29 is 4.74 Å². The van der Waals surface area contributed by atoms with Gasteiger partial charge in [-0.2, -0.15) is 0 Å². The van der Waals surface area contributed by atoms with Crippen LogP contribution >= 0.6 is 11.6 Å². The van der Waals surface area contributed by atoms with Crippen molar-refractivity contribution in [2.24, 2.45) is 0 Å². The fourth-order valence-corrected chi connectivity index (χ4v) is 1.74. The Morgan fingerprint density at radius 1 is 1.22 bits per heavy atom. The van der Waals surface area contributed by atoms with Crippen molar-refractivity contribution in [1.82, 2.24) is 10.2 Å². The third-order valence-corrected chi connectivity index (χ3v) is 2.76. The summed E-state index contributed by atoms with van der Waals surface area (Å²) in [6, 6.07) is 11.5. The molecule has 1 heterocycles. The number of methoxy groups -OCH3 is 1. The molecule has 1 aromatic heterocycles. The molecule has 94 valence electrons. The fourth-order valence-electron chi connectivity index (χ4n) is 1.64. The third-order valence-electron chi connectivity index (χ3n) is 2.56. The van der Waals surface area contributed by atoms with Crippen LogP contribution in [0.1, 0.15) is 5.56 Å². The molecule has 0 fully saturated rings. The second-order valence-corrected chi connectivity index (χ2v) is 4.31. The molecule has 5 heteroatoms. The summed E-state index contributed by atoms with van der Waals surface area (Å²) in [6.07, 6.45) is 0. The minimum absolute atomic E-state index is 0.397. The predicted octanol–water partition coefficient (Wildman–Crippen LogP) is 2.78. The zero-order valence-corrected chi connectivity index (χ0v) is 11.1. The first-order valence-electron chi connectivity index (χ1n) is 5.52. The molecular formula is C13H14ClN3O. The van der Waals surface area contributed by atoms with E-state index in [0.29, 0.717) is 5.15 Å². The van der Waals surface area contributed by atoms with Gasteiger partial charge in [0.1, 0.15) is 5.75 Å². The van der Waals surface area contributed by atoms with Crippen molar-refractivity contribution >= 4 is 17.4 Å². The summed E-state index contributed by atoms with van der Waals surface area (Å²) in [4.78, 5) is 2.00. The minimum atomic E-state index is 0.397. The van der Waals surface area contributed by atoms with E-state index in [1.54, 1.807) is 13.2 Å². The Bertz CT molecular complexity index is 516. The second-order valence-electron chi connectivity index (χ2n) is 3.92. The second kappa shape index (κ2) is 5.69. The van der Waals surface area contributed by atoms with Gasteiger partial charge in [-0.1, -0.05) is 23.7 Å². The summed E-state index contributed by atoms with van der Waals surface area (Å²) >= 11 is 5.71. The summed E-state index contributed by atoms with van der Waals surface area (Å²) < 4.78 is 5.19. The van der Waals surface area contributed by atoms with Crippen molar-refractivity contribution in [3.05, 3.63) is 47.1 Å². The first-order chi connectivity index (χ1) is 8.69. The number of aromatic nitrogens is 2. The van der Waals surface area contributed by atoms with Gasteiger partial charge in [-0.25, -0.2) is 0 Å². The SMILES string of the molecule is COc1cccc(CN(C)c2ccc(Cl)nn2)c1. The normalized spacial score (nSPS) is 10.2. The maximum Gasteiger partial charge on any atom is 0.151 e. The van der Waals surface area contributed by atoms with Gasteiger partial charge in [-0.05, 0) is 29.8 Å². The van der Waals surface area contributed by atoms with Crippen LogP contribution in [0.2, 0.25) is 5.15 Å². The van der Waals surface area contributed by atoms with Crippen LogP contribution in [0.5, 0.6) is 5.75 Å². The first kappa shape index (κ1) is 12.6. The van der Waals surface area contributed by atoms with Crippen molar-refractivity contribution in [2.45, 2.75) is 6.54 Å². The van der Waals surface area contributed by atoms with Crippen molar-refractivity contribution in [3.63, 3.8) is 0 Å². The largest absolute Gasteiger partial charge is 0.497 e. The highest BCUT2D eigenvalue weighted by molar-refractivity contribution is 6.29. The van der Waals surface area contributed by atoms with E-state index in [2.05, 4.69) is 10.2 Å². The van der Waals surface area contributed by atoms with E-state index in [1.807, 2.05) is 42.3 Å². The molecule has 0 amide bonds. The third kappa shape index (κ3) is 3.11. The van der Waals surface area contributed by atoms with E-state index >= 15 is 0 Å². The van der Waals surface area contributed by atoms with Gasteiger partial charge >= 0.3 is 0 Å². The van der Waals surface area contributed by atoms with Gasteiger partial charge in [0.2, 0.25) is 0 Å². The highest BCUT2D eigenvalue weighted by Gasteiger charge is 2.05. The number of hydrogen-bond acceptors (Lipinski definition) is 4. The number of hydrogen-bond donors (Lipinski definition) is 0. The van der Waals surface area contributed by atoms with E-state index in [1.165, 1.54) is 0 Å². The lowest BCUT2D eigenvalue weighted by molar-refractivity contribution is 0.414. The first-order valence-corrected chi connectivity index (χ1v) is 5.90. The van der Waals surface area contributed by atoms with Crippen LogP contribution in [0.3, 0.4) is 0 Å². The monoisotopic (exact) mass is 263 g/mol. The molecule has 0 saturated heterocycles. The molecular weight excluding hydrogens is 250 g/mol.